The van der Waals surface area contributed by atoms with Gasteiger partial charge in [0.25, 0.3) is 0 Å². The Bertz CT molecular complexity index is 473. The van der Waals surface area contributed by atoms with Crippen LogP contribution in [0, 0.1) is 11.8 Å². The maximum absolute atomic E-state index is 3.05. The van der Waals surface area contributed by atoms with Gasteiger partial charge in [-0.15, -0.1) is 0 Å². The summed E-state index contributed by atoms with van der Waals surface area (Å²) < 4.78 is 0. The van der Waals surface area contributed by atoms with E-state index in [4.69, 9.17) is 0 Å². The molecular formula is C33H63N. The third kappa shape index (κ3) is 10.9. The summed E-state index contributed by atoms with van der Waals surface area (Å²) in [6, 6.07) is 1.73. The molecule has 3 aliphatic rings. The van der Waals surface area contributed by atoms with Crippen LogP contribution in [0.15, 0.2) is 0 Å². The molecule has 0 N–H and O–H groups in total. The maximum atomic E-state index is 3.05. The van der Waals surface area contributed by atoms with E-state index in [0.717, 1.165) is 23.9 Å². The number of hydrogen-bond acceptors (Lipinski definition) is 1. The highest BCUT2D eigenvalue weighted by Crippen LogP contribution is 2.36. The lowest BCUT2D eigenvalue weighted by molar-refractivity contribution is 0.0513. The lowest BCUT2D eigenvalue weighted by Crippen LogP contribution is -2.48. The minimum atomic E-state index is 0.865. The van der Waals surface area contributed by atoms with Gasteiger partial charge in [0.15, 0.2) is 0 Å². The molecular weight excluding hydrogens is 410 g/mol. The van der Waals surface area contributed by atoms with Gasteiger partial charge in [-0.25, -0.2) is 0 Å². The highest BCUT2D eigenvalue weighted by molar-refractivity contribution is 4.87. The van der Waals surface area contributed by atoms with Crippen LogP contribution in [0.5, 0.6) is 0 Å². The summed E-state index contributed by atoms with van der Waals surface area (Å²) in [5.41, 5.74) is 0. The molecule has 0 amide bonds. The van der Waals surface area contributed by atoms with E-state index < -0.39 is 0 Å². The molecule has 1 saturated heterocycles. The smallest absolute Gasteiger partial charge is 0.0123 e. The summed E-state index contributed by atoms with van der Waals surface area (Å²) >= 11 is 0. The van der Waals surface area contributed by atoms with Crippen molar-refractivity contribution in [3.63, 3.8) is 0 Å². The minimum absolute atomic E-state index is 0.865. The van der Waals surface area contributed by atoms with Crippen molar-refractivity contribution in [3.05, 3.63) is 0 Å². The maximum Gasteiger partial charge on any atom is 0.0123 e. The molecule has 4 atom stereocenters. The molecule has 1 aliphatic heterocycles. The van der Waals surface area contributed by atoms with Gasteiger partial charge in [0.05, 0.1) is 0 Å². The van der Waals surface area contributed by atoms with E-state index >= 15 is 0 Å². The minimum Gasteiger partial charge on any atom is -0.300 e. The van der Waals surface area contributed by atoms with Crippen molar-refractivity contribution in [2.24, 2.45) is 11.8 Å². The van der Waals surface area contributed by atoms with E-state index in [9.17, 15) is 0 Å². The average Bonchev–Trinajstić information content (AvgIpc) is 2.86. The van der Waals surface area contributed by atoms with E-state index in [0.29, 0.717) is 0 Å². The molecule has 3 rings (SSSR count). The fourth-order valence-corrected chi connectivity index (χ4v) is 8.01. The van der Waals surface area contributed by atoms with Gasteiger partial charge in [-0.05, 0) is 57.4 Å². The summed E-state index contributed by atoms with van der Waals surface area (Å²) in [6.07, 6.45) is 42.0. The van der Waals surface area contributed by atoms with Gasteiger partial charge in [0.2, 0.25) is 0 Å². The van der Waals surface area contributed by atoms with Crippen molar-refractivity contribution in [1.82, 2.24) is 4.90 Å². The van der Waals surface area contributed by atoms with Crippen LogP contribution < -0.4 is 0 Å². The Kier molecular flexibility index (Phi) is 15.3. The zero-order chi connectivity index (χ0) is 23.7. The zero-order valence-electron chi connectivity index (χ0n) is 23.6. The van der Waals surface area contributed by atoms with E-state index in [1.165, 1.54) is 180 Å². The molecule has 1 nitrogen and oxygen atoms in total. The Morgan fingerprint density at radius 3 is 0.794 bits per heavy atom. The molecule has 4 unspecified atom stereocenters. The monoisotopic (exact) mass is 473 g/mol. The highest BCUT2D eigenvalue weighted by atomic mass is 15.2. The fourth-order valence-electron chi connectivity index (χ4n) is 8.01. The molecule has 0 spiro atoms. The lowest BCUT2D eigenvalue weighted by Gasteiger charge is -2.44. The molecule has 0 aromatic heterocycles. The van der Waals surface area contributed by atoms with Crippen molar-refractivity contribution < 1.29 is 0 Å². The number of nitrogens with zero attached hydrogens (tertiary/aromatic N) is 1. The van der Waals surface area contributed by atoms with Crippen LogP contribution in [0.1, 0.15) is 180 Å². The summed E-state index contributed by atoms with van der Waals surface area (Å²) in [5.74, 6) is 1.94. The Morgan fingerprint density at radius 1 is 0.294 bits per heavy atom. The first-order valence-electron chi connectivity index (χ1n) is 16.6. The Balaban J connectivity index is 1.73. The Morgan fingerprint density at radius 2 is 0.500 bits per heavy atom. The summed E-state index contributed by atoms with van der Waals surface area (Å²) in [6.45, 7) is 0. The molecule has 0 radical (unpaired) electrons. The van der Waals surface area contributed by atoms with Gasteiger partial charge in [0.1, 0.15) is 0 Å². The largest absolute Gasteiger partial charge is 0.300 e. The number of rotatable bonds is 0. The molecule has 3 fully saturated rings. The molecule has 1 heteroatoms. The second-order valence-corrected chi connectivity index (χ2v) is 12.8. The third-order valence-corrected chi connectivity index (χ3v) is 10.2. The van der Waals surface area contributed by atoms with E-state index in [1.807, 2.05) is 0 Å². The second kappa shape index (κ2) is 18.2. The van der Waals surface area contributed by atoms with Crippen molar-refractivity contribution >= 4 is 0 Å². The van der Waals surface area contributed by atoms with Crippen molar-refractivity contribution in [1.29, 1.82) is 0 Å². The molecule has 0 bridgehead atoms. The third-order valence-electron chi connectivity index (χ3n) is 10.2. The SMILES string of the molecule is CN1C2CCCCCCCCCCCCC2CCCCCC2CCCCCCCCCCCC21. The van der Waals surface area contributed by atoms with E-state index in [2.05, 4.69) is 11.9 Å². The second-order valence-electron chi connectivity index (χ2n) is 12.8. The van der Waals surface area contributed by atoms with Crippen LogP contribution >= 0.6 is 0 Å². The van der Waals surface area contributed by atoms with Crippen molar-refractivity contribution in [2.75, 3.05) is 7.05 Å². The lowest BCUT2D eigenvalue weighted by atomic mass is 9.78. The first-order chi connectivity index (χ1) is 16.9. The van der Waals surface area contributed by atoms with Gasteiger partial charge in [-0.3, -0.25) is 4.90 Å². The zero-order valence-corrected chi connectivity index (χ0v) is 23.6. The molecule has 34 heavy (non-hydrogen) atoms. The van der Waals surface area contributed by atoms with Gasteiger partial charge in [-0.1, -0.05) is 141 Å². The highest BCUT2D eigenvalue weighted by Gasteiger charge is 2.33. The Labute approximate surface area is 215 Å². The first kappa shape index (κ1) is 28.5. The van der Waals surface area contributed by atoms with Crippen LogP contribution in [-0.4, -0.2) is 24.0 Å². The molecule has 0 aromatic rings. The van der Waals surface area contributed by atoms with Gasteiger partial charge in [0, 0.05) is 12.1 Å². The van der Waals surface area contributed by atoms with Crippen LogP contribution in [0.3, 0.4) is 0 Å². The average molecular weight is 474 g/mol. The normalized spacial score (nSPS) is 34.1. The summed E-state index contributed by atoms with van der Waals surface area (Å²) in [7, 11) is 2.61. The molecule has 0 aromatic carbocycles. The summed E-state index contributed by atoms with van der Waals surface area (Å²) in [4.78, 5) is 3.05. The topological polar surface area (TPSA) is 3.24 Å². The summed E-state index contributed by atoms with van der Waals surface area (Å²) in [5, 5.41) is 0. The van der Waals surface area contributed by atoms with Crippen LogP contribution in [0.25, 0.3) is 0 Å². The van der Waals surface area contributed by atoms with Crippen molar-refractivity contribution in [2.45, 2.75) is 192 Å². The van der Waals surface area contributed by atoms with Crippen LogP contribution in [0.4, 0.5) is 0 Å². The van der Waals surface area contributed by atoms with E-state index in [1.54, 1.807) is 0 Å². The number of hydrogen-bond donors (Lipinski definition) is 0. The predicted molar refractivity (Wildman–Crippen MR) is 152 cm³/mol. The predicted octanol–water partition coefficient (Wildman–Crippen LogP) is 10.9. The quantitative estimate of drug-likeness (QED) is 0.338. The standard InChI is InChI=1S/C33H63N/c1-34-32-28-22-15-11-7-3-2-5-9-13-18-24-30(32)26-20-17-21-27-31-25-19-14-10-6-4-8-12-16-23-29-33(31)34/h30-33H,2-29H2,1H3. The fraction of sp³-hybridized carbons (Fsp3) is 1.00. The van der Waals surface area contributed by atoms with Gasteiger partial charge < -0.3 is 0 Å². The van der Waals surface area contributed by atoms with Gasteiger partial charge >= 0.3 is 0 Å². The molecule has 200 valence electrons. The van der Waals surface area contributed by atoms with Gasteiger partial charge in [-0.2, -0.15) is 0 Å². The van der Waals surface area contributed by atoms with Crippen LogP contribution in [-0.2, 0) is 0 Å². The number of fused-ring (bicyclic) bond motifs is 2. The van der Waals surface area contributed by atoms with Crippen LogP contribution in [0.2, 0.25) is 0 Å². The first-order valence-corrected chi connectivity index (χ1v) is 16.6. The van der Waals surface area contributed by atoms with E-state index in [-0.39, 0.29) is 0 Å². The molecule has 2 aliphatic carbocycles. The van der Waals surface area contributed by atoms with Crippen molar-refractivity contribution in [3.8, 4) is 0 Å². The Hall–Kier alpha value is -0.0400. The molecule has 1 heterocycles. The molecule has 2 saturated carbocycles.